The SMILES string of the molecule is CC1(C)c2cc(-c3cccc4c5cc(-c6ccccc6)ccc5n(-c5nc(-c6ccccc6)c6sc7ccccc7c6n5)c34)ccc2-c2c1ccc1ccccc21. The Kier molecular flexibility index (Phi) is 6.85. The summed E-state index contributed by atoms with van der Waals surface area (Å²) in [6.07, 6.45) is 0. The van der Waals surface area contributed by atoms with Crippen molar-refractivity contribution >= 4 is 64.2 Å². The Balaban J connectivity index is 1.17. The molecule has 0 N–H and O–H groups in total. The number of nitrogens with zero attached hydrogens (tertiary/aromatic N) is 3. The minimum atomic E-state index is -0.158. The molecule has 0 atom stereocenters. The highest BCUT2D eigenvalue weighted by molar-refractivity contribution is 7.26. The number of hydrogen-bond donors (Lipinski definition) is 0. The second kappa shape index (κ2) is 12.1. The maximum Gasteiger partial charge on any atom is 0.235 e. The molecule has 0 bridgehead atoms. The van der Waals surface area contributed by atoms with Gasteiger partial charge in [0, 0.05) is 37.4 Å². The summed E-state index contributed by atoms with van der Waals surface area (Å²) in [6, 6.07) is 64.0. The van der Waals surface area contributed by atoms with Gasteiger partial charge in [-0.3, -0.25) is 4.57 Å². The molecule has 0 saturated heterocycles. The van der Waals surface area contributed by atoms with E-state index in [4.69, 9.17) is 9.97 Å². The number of aromatic nitrogens is 3. The third kappa shape index (κ3) is 4.71. The van der Waals surface area contributed by atoms with Gasteiger partial charge >= 0.3 is 0 Å². The first-order valence-corrected chi connectivity index (χ1v) is 20.4. The van der Waals surface area contributed by atoms with Gasteiger partial charge < -0.3 is 0 Å². The van der Waals surface area contributed by atoms with Crippen molar-refractivity contribution in [2.24, 2.45) is 0 Å². The molecule has 3 nitrogen and oxygen atoms in total. The predicted octanol–water partition coefficient (Wildman–Crippen LogP) is 14.4. The van der Waals surface area contributed by atoms with Crippen LogP contribution in [0, 0.1) is 0 Å². The van der Waals surface area contributed by atoms with Crippen LogP contribution in [-0.4, -0.2) is 14.5 Å². The fourth-order valence-electron chi connectivity index (χ4n) is 9.47. The van der Waals surface area contributed by atoms with Crippen molar-refractivity contribution in [2.45, 2.75) is 19.3 Å². The molecule has 1 aliphatic rings. The molecule has 0 radical (unpaired) electrons. The van der Waals surface area contributed by atoms with Crippen molar-refractivity contribution in [3.63, 3.8) is 0 Å². The number of rotatable bonds is 4. The monoisotopic (exact) mass is 745 g/mol. The number of para-hydroxylation sites is 1. The summed E-state index contributed by atoms with van der Waals surface area (Å²) in [5.74, 6) is 0.671. The second-order valence-electron chi connectivity index (χ2n) is 15.7. The number of fused-ring (bicyclic) bond motifs is 11. The average Bonchev–Trinajstić information content (AvgIpc) is 3.89. The van der Waals surface area contributed by atoms with E-state index in [1.54, 1.807) is 11.3 Å². The Bertz CT molecular complexity index is 3430. The molecule has 11 aromatic rings. The molecule has 268 valence electrons. The Morgan fingerprint density at radius 3 is 2.05 bits per heavy atom. The minimum absolute atomic E-state index is 0.158. The van der Waals surface area contributed by atoms with Crippen LogP contribution in [0.2, 0.25) is 0 Å². The molecular formula is C53H35N3S. The van der Waals surface area contributed by atoms with Gasteiger partial charge in [-0.25, -0.2) is 9.97 Å². The highest BCUT2D eigenvalue weighted by atomic mass is 32.1. The van der Waals surface area contributed by atoms with Gasteiger partial charge in [-0.15, -0.1) is 11.3 Å². The van der Waals surface area contributed by atoms with E-state index in [-0.39, 0.29) is 5.41 Å². The van der Waals surface area contributed by atoms with Gasteiger partial charge in [-0.05, 0) is 74.0 Å². The highest BCUT2D eigenvalue weighted by Crippen LogP contribution is 2.53. The van der Waals surface area contributed by atoms with Crippen molar-refractivity contribution in [3.05, 3.63) is 187 Å². The van der Waals surface area contributed by atoms with Gasteiger partial charge in [0.05, 0.1) is 26.9 Å². The number of hydrogen-bond acceptors (Lipinski definition) is 3. The molecule has 4 heteroatoms. The van der Waals surface area contributed by atoms with Crippen LogP contribution >= 0.6 is 11.3 Å². The van der Waals surface area contributed by atoms with E-state index in [1.165, 1.54) is 65.2 Å². The lowest BCUT2D eigenvalue weighted by molar-refractivity contribution is 0.661. The van der Waals surface area contributed by atoms with Crippen molar-refractivity contribution < 1.29 is 0 Å². The summed E-state index contributed by atoms with van der Waals surface area (Å²) < 4.78 is 4.64. The molecule has 1 aliphatic carbocycles. The highest BCUT2D eigenvalue weighted by Gasteiger charge is 2.37. The van der Waals surface area contributed by atoms with Crippen LogP contribution in [0.1, 0.15) is 25.0 Å². The van der Waals surface area contributed by atoms with Gasteiger partial charge in [0.15, 0.2) is 0 Å². The molecule has 0 amide bonds. The second-order valence-corrected chi connectivity index (χ2v) is 16.8. The summed E-state index contributed by atoms with van der Waals surface area (Å²) in [5.41, 5.74) is 15.2. The molecule has 57 heavy (non-hydrogen) atoms. The zero-order valence-corrected chi connectivity index (χ0v) is 32.3. The summed E-state index contributed by atoms with van der Waals surface area (Å²) in [5, 5.41) is 6.09. The van der Waals surface area contributed by atoms with Crippen LogP contribution in [0.15, 0.2) is 176 Å². The predicted molar refractivity (Wildman–Crippen MR) is 241 cm³/mol. The third-order valence-electron chi connectivity index (χ3n) is 12.2. The lowest BCUT2D eigenvalue weighted by Gasteiger charge is -2.22. The minimum Gasteiger partial charge on any atom is -0.277 e. The zero-order chi connectivity index (χ0) is 37.8. The topological polar surface area (TPSA) is 30.7 Å². The molecule has 0 saturated carbocycles. The largest absolute Gasteiger partial charge is 0.277 e. The smallest absolute Gasteiger partial charge is 0.235 e. The maximum absolute atomic E-state index is 5.52. The van der Waals surface area contributed by atoms with Crippen molar-refractivity contribution in [3.8, 4) is 50.6 Å². The van der Waals surface area contributed by atoms with E-state index in [0.717, 1.165) is 43.5 Å². The van der Waals surface area contributed by atoms with Crippen LogP contribution in [0.4, 0.5) is 0 Å². The van der Waals surface area contributed by atoms with Crippen LogP contribution in [0.5, 0.6) is 0 Å². The van der Waals surface area contributed by atoms with Crippen LogP contribution < -0.4 is 0 Å². The van der Waals surface area contributed by atoms with E-state index in [9.17, 15) is 0 Å². The van der Waals surface area contributed by atoms with Crippen molar-refractivity contribution in [1.29, 1.82) is 0 Å². The molecule has 12 rings (SSSR count). The third-order valence-corrected chi connectivity index (χ3v) is 13.4. The van der Waals surface area contributed by atoms with E-state index >= 15 is 0 Å². The zero-order valence-electron chi connectivity index (χ0n) is 31.5. The normalized spacial score (nSPS) is 13.2. The van der Waals surface area contributed by atoms with Crippen LogP contribution in [0.25, 0.3) is 103 Å². The Morgan fingerprint density at radius 2 is 1.21 bits per heavy atom. The fourth-order valence-corrected chi connectivity index (χ4v) is 10.6. The Hall–Kier alpha value is -6.88. The molecule has 0 spiro atoms. The quantitative estimate of drug-likeness (QED) is 0.180. The van der Waals surface area contributed by atoms with Crippen LogP contribution in [-0.2, 0) is 5.41 Å². The summed E-state index contributed by atoms with van der Waals surface area (Å²) in [6.45, 7) is 4.75. The fraction of sp³-hybridized carbons (Fsp3) is 0.0566. The standard InChI is InChI=1S/C53H35N3S/c1-53(2)43-28-25-33-16-9-10-19-37(33)47(43)40-27-24-36(31-44(40)53)38-21-13-22-39-42-30-35(32-14-5-3-6-15-32)26-29-45(42)56(50(38)39)52-54-48(34-17-7-4-8-18-34)51-49(55-52)41-20-11-12-23-46(41)57-51/h3-31H,1-2H3. The van der Waals surface area contributed by atoms with Crippen LogP contribution in [0.3, 0.4) is 0 Å². The van der Waals surface area contributed by atoms with E-state index < -0.39 is 0 Å². The first-order chi connectivity index (χ1) is 28.0. The lowest BCUT2D eigenvalue weighted by atomic mass is 9.81. The van der Waals surface area contributed by atoms with Crippen molar-refractivity contribution in [2.75, 3.05) is 0 Å². The van der Waals surface area contributed by atoms with Gasteiger partial charge in [0.25, 0.3) is 0 Å². The number of benzene rings is 8. The molecule has 8 aromatic carbocycles. The summed E-state index contributed by atoms with van der Waals surface area (Å²) >= 11 is 1.77. The maximum atomic E-state index is 5.52. The number of thiophene rings is 1. The van der Waals surface area contributed by atoms with Gasteiger partial charge in [0.2, 0.25) is 5.95 Å². The first kappa shape index (κ1) is 32.4. The Labute approximate surface area is 334 Å². The lowest BCUT2D eigenvalue weighted by Crippen LogP contribution is -2.15. The Morgan fingerprint density at radius 1 is 0.491 bits per heavy atom. The molecule has 0 aliphatic heterocycles. The van der Waals surface area contributed by atoms with E-state index in [1.807, 2.05) is 0 Å². The van der Waals surface area contributed by atoms with Gasteiger partial charge in [-0.1, -0.05) is 166 Å². The molecule has 3 heterocycles. The summed E-state index contributed by atoms with van der Waals surface area (Å²) in [7, 11) is 0. The molecular weight excluding hydrogens is 711 g/mol. The van der Waals surface area contributed by atoms with Crippen molar-refractivity contribution in [1.82, 2.24) is 14.5 Å². The molecule has 0 unspecified atom stereocenters. The van der Waals surface area contributed by atoms with E-state index in [2.05, 4.69) is 194 Å². The molecule has 3 aromatic heterocycles. The van der Waals surface area contributed by atoms with Gasteiger partial charge in [0.1, 0.15) is 0 Å². The van der Waals surface area contributed by atoms with E-state index in [0.29, 0.717) is 5.95 Å². The first-order valence-electron chi connectivity index (χ1n) is 19.6. The summed E-state index contributed by atoms with van der Waals surface area (Å²) in [4.78, 5) is 11.0. The molecule has 0 fully saturated rings. The van der Waals surface area contributed by atoms with Gasteiger partial charge in [-0.2, -0.15) is 0 Å². The average molecular weight is 746 g/mol.